The molecule has 1 aromatic heterocycles. The molecular weight excluding hydrogens is 509 g/mol. The fourth-order valence-corrected chi connectivity index (χ4v) is 5.13. The number of Topliss-reactive ketones (excluding diaryl/α,β-unsaturated/α-hetero) is 1. The number of hydrazine groups is 1. The van der Waals surface area contributed by atoms with Crippen LogP contribution >= 0.6 is 23.2 Å². The Kier molecular flexibility index (Phi) is 7.97. The number of carbonyl (C=O) groups is 4. The van der Waals surface area contributed by atoms with Gasteiger partial charge in [0.15, 0.2) is 5.76 Å². The zero-order valence-electron chi connectivity index (χ0n) is 19.9. The van der Waals surface area contributed by atoms with Crippen LogP contribution in [0, 0.1) is 0 Å². The molecule has 2 N–H and O–H groups in total. The molecule has 2 saturated heterocycles. The Morgan fingerprint density at radius 1 is 1.22 bits per heavy atom. The second kappa shape index (κ2) is 11.0. The molecular formula is C24H27Cl2N5O5. The molecule has 0 saturated carbocycles. The van der Waals surface area contributed by atoms with E-state index in [-0.39, 0.29) is 36.3 Å². The van der Waals surface area contributed by atoms with E-state index in [1.165, 1.54) is 16.2 Å². The quantitative estimate of drug-likeness (QED) is 0.522. The highest BCUT2D eigenvalue weighted by Crippen LogP contribution is 2.35. The number of nitrogens with one attached hydrogen (secondary N) is 2. The van der Waals surface area contributed by atoms with E-state index in [0.29, 0.717) is 41.4 Å². The maximum Gasteiger partial charge on any atom is 0.265 e. The molecule has 1 aromatic carbocycles. The van der Waals surface area contributed by atoms with E-state index >= 15 is 0 Å². The maximum absolute atomic E-state index is 13.3. The lowest BCUT2D eigenvalue weighted by Gasteiger charge is -2.43. The second-order valence-electron chi connectivity index (χ2n) is 8.70. The van der Waals surface area contributed by atoms with Gasteiger partial charge in [-0.3, -0.25) is 24.2 Å². The summed E-state index contributed by atoms with van der Waals surface area (Å²) in [6.07, 6.45) is 3.11. The number of rotatable bonds is 7. The summed E-state index contributed by atoms with van der Waals surface area (Å²) in [5.74, 6) is -1.55. The average Bonchev–Trinajstić information content (AvgIpc) is 3.31. The van der Waals surface area contributed by atoms with Crippen molar-refractivity contribution in [2.24, 2.45) is 0 Å². The number of hydrogen-bond acceptors (Lipinski definition) is 7. The Morgan fingerprint density at radius 2 is 1.94 bits per heavy atom. The highest BCUT2D eigenvalue weighted by Gasteiger charge is 2.44. The Bertz CT molecular complexity index is 1170. The van der Waals surface area contributed by atoms with Crippen LogP contribution in [0.4, 0.5) is 0 Å². The Hall–Kier alpha value is -2.95. The normalized spacial score (nSPS) is 21.1. The molecule has 0 unspecified atom stereocenters. The van der Waals surface area contributed by atoms with Gasteiger partial charge in [-0.15, -0.1) is 0 Å². The van der Waals surface area contributed by atoms with Crippen LogP contribution in [0.1, 0.15) is 49.7 Å². The summed E-state index contributed by atoms with van der Waals surface area (Å²) in [5, 5.41) is 8.97. The van der Waals surface area contributed by atoms with Gasteiger partial charge in [-0.25, -0.2) is 9.99 Å². The highest BCUT2D eigenvalue weighted by atomic mass is 35.5. The molecule has 36 heavy (non-hydrogen) atoms. The number of likely N-dealkylation sites (N-methyl/N-ethyl adjacent to an activating group) is 1. The highest BCUT2D eigenvalue weighted by molar-refractivity contribution is 6.39. The van der Waals surface area contributed by atoms with E-state index in [1.807, 2.05) is 0 Å². The van der Waals surface area contributed by atoms with Gasteiger partial charge in [-0.1, -0.05) is 36.2 Å². The van der Waals surface area contributed by atoms with Gasteiger partial charge in [-0.2, -0.15) is 0 Å². The Labute approximate surface area is 218 Å². The number of nitrogens with zero attached hydrogens (tertiary/aromatic N) is 3. The van der Waals surface area contributed by atoms with Crippen LogP contribution in [0.3, 0.4) is 0 Å². The third kappa shape index (κ3) is 4.98. The zero-order chi connectivity index (χ0) is 26.0. The molecule has 3 heterocycles. The molecule has 2 aliphatic heterocycles. The summed E-state index contributed by atoms with van der Waals surface area (Å²) in [6.45, 7) is 2.10. The number of halogens is 2. The van der Waals surface area contributed by atoms with Gasteiger partial charge in [0.2, 0.25) is 17.6 Å². The number of aromatic nitrogens is 1. The maximum atomic E-state index is 13.3. The SMILES string of the molecule is CC[C@H](NC(=O)[C@@H]1CCCN2C(=O)CC[C@H](NC)C(=O)N12)C(=O)c1ncc(-c2c(Cl)cccc2Cl)o1. The van der Waals surface area contributed by atoms with E-state index in [1.54, 1.807) is 32.2 Å². The van der Waals surface area contributed by atoms with E-state index < -0.39 is 29.8 Å². The molecule has 0 bridgehead atoms. The molecule has 2 aromatic rings. The predicted octanol–water partition coefficient (Wildman–Crippen LogP) is 2.84. The molecule has 0 radical (unpaired) electrons. The summed E-state index contributed by atoms with van der Waals surface area (Å²) >= 11 is 12.5. The molecule has 2 aliphatic rings. The van der Waals surface area contributed by atoms with Crippen LogP contribution in [0.5, 0.6) is 0 Å². The molecule has 10 nitrogen and oxygen atoms in total. The molecule has 192 valence electrons. The van der Waals surface area contributed by atoms with E-state index in [0.717, 1.165) is 0 Å². The lowest BCUT2D eigenvalue weighted by molar-refractivity contribution is -0.176. The van der Waals surface area contributed by atoms with Crippen molar-refractivity contribution in [2.45, 2.75) is 57.2 Å². The molecule has 0 aliphatic carbocycles. The van der Waals surface area contributed by atoms with Gasteiger partial charge < -0.3 is 15.1 Å². The predicted molar refractivity (Wildman–Crippen MR) is 132 cm³/mol. The van der Waals surface area contributed by atoms with E-state index in [4.69, 9.17) is 27.6 Å². The summed E-state index contributed by atoms with van der Waals surface area (Å²) in [5.41, 5.74) is 0.412. The van der Waals surface area contributed by atoms with Gasteiger partial charge in [0.05, 0.1) is 33.9 Å². The number of benzene rings is 1. The summed E-state index contributed by atoms with van der Waals surface area (Å²) in [7, 11) is 1.65. The number of amides is 3. The average molecular weight is 536 g/mol. The van der Waals surface area contributed by atoms with Crippen molar-refractivity contribution in [1.29, 1.82) is 0 Å². The van der Waals surface area contributed by atoms with Crippen molar-refractivity contribution in [3.05, 3.63) is 40.3 Å². The molecule has 3 atom stereocenters. The van der Waals surface area contributed by atoms with Crippen molar-refractivity contribution >= 4 is 46.7 Å². The van der Waals surface area contributed by atoms with Gasteiger partial charge in [0.1, 0.15) is 6.04 Å². The van der Waals surface area contributed by atoms with Gasteiger partial charge in [-0.05, 0) is 44.9 Å². The number of ketones is 1. The number of fused-ring (bicyclic) bond motifs is 1. The van der Waals surface area contributed by atoms with Crippen molar-refractivity contribution in [1.82, 2.24) is 25.6 Å². The van der Waals surface area contributed by atoms with Gasteiger partial charge >= 0.3 is 0 Å². The summed E-state index contributed by atoms with van der Waals surface area (Å²) in [6, 6.07) is 2.55. The van der Waals surface area contributed by atoms with Crippen molar-refractivity contribution in [3.63, 3.8) is 0 Å². The van der Waals surface area contributed by atoms with Crippen LogP contribution in [-0.2, 0) is 14.4 Å². The van der Waals surface area contributed by atoms with Crippen LogP contribution in [0.2, 0.25) is 10.0 Å². The Balaban J connectivity index is 1.53. The monoisotopic (exact) mass is 535 g/mol. The first-order chi connectivity index (χ1) is 17.3. The first kappa shape index (κ1) is 26.1. The topological polar surface area (TPSA) is 125 Å². The molecule has 12 heteroatoms. The largest absolute Gasteiger partial charge is 0.434 e. The molecule has 2 fully saturated rings. The van der Waals surface area contributed by atoms with Gasteiger partial charge in [0.25, 0.3) is 11.8 Å². The third-order valence-corrected chi connectivity index (χ3v) is 7.11. The zero-order valence-corrected chi connectivity index (χ0v) is 21.4. The molecule has 3 amide bonds. The summed E-state index contributed by atoms with van der Waals surface area (Å²) in [4.78, 5) is 56.4. The Morgan fingerprint density at radius 3 is 2.61 bits per heavy atom. The number of hydrogen-bond donors (Lipinski definition) is 2. The van der Waals surface area contributed by atoms with E-state index in [9.17, 15) is 19.2 Å². The minimum Gasteiger partial charge on any atom is -0.434 e. The second-order valence-corrected chi connectivity index (χ2v) is 9.51. The molecule has 4 rings (SSSR count). The lowest BCUT2D eigenvalue weighted by atomic mass is 10.0. The minimum absolute atomic E-state index is 0.199. The number of carbonyl (C=O) groups excluding carboxylic acids is 4. The van der Waals surface area contributed by atoms with Crippen LogP contribution in [-0.4, -0.2) is 70.2 Å². The summed E-state index contributed by atoms with van der Waals surface area (Å²) < 4.78 is 5.66. The van der Waals surface area contributed by atoms with Crippen molar-refractivity contribution in [2.75, 3.05) is 13.6 Å². The number of oxazole rings is 1. The smallest absolute Gasteiger partial charge is 0.265 e. The fourth-order valence-electron chi connectivity index (χ4n) is 4.55. The first-order valence-electron chi connectivity index (χ1n) is 11.8. The van der Waals surface area contributed by atoms with Crippen LogP contribution < -0.4 is 10.6 Å². The van der Waals surface area contributed by atoms with Gasteiger partial charge in [0, 0.05) is 13.0 Å². The standard InChI is InChI=1S/C24H27Cl2N5O5/c1-3-15(21(33)23-28-12-18(36-23)20-13(25)6-4-7-14(20)26)29-22(34)17-8-5-11-30-19(32)10-9-16(27-2)24(35)31(17)30/h4,6-7,12,15-17,27H,3,5,8-11H2,1-2H3,(H,29,34)/t15-,16-,17-/m0/s1. The lowest BCUT2D eigenvalue weighted by Crippen LogP contribution is -2.64. The van der Waals surface area contributed by atoms with Crippen LogP contribution in [0.15, 0.2) is 28.8 Å². The van der Waals surface area contributed by atoms with Crippen LogP contribution in [0.25, 0.3) is 11.3 Å². The minimum atomic E-state index is -0.945. The van der Waals surface area contributed by atoms with Crippen molar-refractivity contribution in [3.8, 4) is 11.3 Å². The first-order valence-corrected chi connectivity index (χ1v) is 12.6. The third-order valence-electron chi connectivity index (χ3n) is 6.48. The fraction of sp³-hybridized carbons (Fsp3) is 0.458. The van der Waals surface area contributed by atoms with E-state index in [2.05, 4.69) is 15.6 Å². The van der Waals surface area contributed by atoms with Crippen molar-refractivity contribution < 1.29 is 23.6 Å². The molecule has 0 spiro atoms.